The van der Waals surface area contributed by atoms with Gasteiger partial charge in [0.1, 0.15) is 0 Å². The van der Waals surface area contributed by atoms with E-state index >= 15 is 0 Å². The Morgan fingerprint density at radius 2 is 1.73 bits per heavy atom. The maximum atomic E-state index is 12.9. The number of benzene rings is 1. The van der Waals surface area contributed by atoms with Gasteiger partial charge in [0.05, 0.1) is 32.3 Å². The topological polar surface area (TPSA) is 68.3 Å². The van der Waals surface area contributed by atoms with E-state index in [0.29, 0.717) is 36.8 Å². The summed E-state index contributed by atoms with van der Waals surface area (Å²) in [4.78, 5) is 28.9. The molecule has 2 fully saturated rings. The van der Waals surface area contributed by atoms with Gasteiger partial charge in [-0.3, -0.25) is 9.59 Å². The van der Waals surface area contributed by atoms with Crippen molar-refractivity contribution in [2.24, 2.45) is 5.92 Å². The molecule has 1 aromatic rings. The molecule has 142 valence electrons. The fraction of sp³-hybridized carbons (Fsp3) is 0.579. The van der Waals surface area contributed by atoms with E-state index in [2.05, 4.69) is 0 Å². The van der Waals surface area contributed by atoms with Gasteiger partial charge in [-0.2, -0.15) is 0 Å². The maximum absolute atomic E-state index is 12.9. The van der Waals surface area contributed by atoms with Crippen molar-refractivity contribution in [1.82, 2.24) is 4.90 Å². The van der Waals surface area contributed by atoms with Gasteiger partial charge in [0.2, 0.25) is 11.8 Å². The number of rotatable bonds is 4. The number of ether oxygens (including phenoxy) is 3. The number of hydrogen-bond donors (Lipinski definition) is 0. The van der Waals surface area contributed by atoms with Crippen LogP contribution in [-0.4, -0.2) is 62.8 Å². The average Bonchev–Trinajstić information content (AvgIpc) is 3.01. The van der Waals surface area contributed by atoms with Crippen molar-refractivity contribution >= 4 is 17.5 Å². The normalized spacial score (nSPS) is 26.2. The number of nitrogens with zero attached hydrogens (tertiary/aromatic N) is 2. The van der Waals surface area contributed by atoms with Crippen LogP contribution in [0.15, 0.2) is 18.2 Å². The van der Waals surface area contributed by atoms with Gasteiger partial charge < -0.3 is 24.0 Å². The summed E-state index contributed by atoms with van der Waals surface area (Å²) in [5, 5.41) is 0. The van der Waals surface area contributed by atoms with Gasteiger partial charge >= 0.3 is 0 Å². The zero-order valence-electron chi connectivity index (χ0n) is 15.7. The van der Waals surface area contributed by atoms with E-state index in [4.69, 9.17) is 14.2 Å². The molecule has 0 spiro atoms. The lowest BCUT2D eigenvalue weighted by atomic mass is 10.1. The lowest BCUT2D eigenvalue weighted by Gasteiger charge is -2.36. The zero-order chi connectivity index (χ0) is 18.8. The third kappa shape index (κ3) is 3.62. The van der Waals surface area contributed by atoms with Crippen molar-refractivity contribution in [1.29, 1.82) is 0 Å². The van der Waals surface area contributed by atoms with Gasteiger partial charge in [-0.25, -0.2) is 0 Å². The predicted molar refractivity (Wildman–Crippen MR) is 96.6 cm³/mol. The fourth-order valence-corrected chi connectivity index (χ4v) is 3.73. The van der Waals surface area contributed by atoms with E-state index in [-0.39, 0.29) is 36.4 Å². The lowest BCUT2D eigenvalue weighted by molar-refractivity contribution is -0.147. The van der Waals surface area contributed by atoms with Crippen molar-refractivity contribution in [2.45, 2.75) is 32.5 Å². The van der Waals surface area contributed by atoms with Crippen LogP contribution in [0.3, 0.4) is 0 Å². The quantitative estimate of drug-likeness (QED) is 0.815. The summed E-state index contributed by atoms with van der Waals surface area (Å²) in [7, 11) is 3.12. The molecule has 0 aromatic heterocycles. The minimum atomic E-state index is -0.326. The summed E-state index contributed by atoms with van der Waals surface area (Å²) in [5.74, 6) is 0.816. The summed E-state index contributed by atoms with van der Waals surface area (Å²) >= 11 is 0. The Kier molecular flexibility index (Phi) is 5.36. The molecule has 7 nitrogen and oxygen atoms in total. The monoisotopic (exact) mass is 362 g/mol. The molecule has 0 unspecified atom stereocenters. The second-order valence-corrected chi connectivity index (χ2v) is 6.95. The molecule has 2 heterocycles. The lowest BCUT2D eigenvalue weighted by Crippen LogP contribution is -2.50. The van der Waals surface area contributed by atoms with Crippen LogP contribution in [0.4, 0.5) is 5.69 Å². The van der Waals surface area contributed by atoms with Gasteiger partial charge in [0.25, 0.3) is 0 Å². The number of methoxy groups -OCH3 is 2. The van der Waals surface area contributed by atoms with E-state index in [1.165, 1.54) is 0 Å². The minimum absolute atomic E-state index is 0.0155. The molecule has 0 bridgehead atoms. The Balaban J connectivity index is 1.73. The number of hydrogen-bond acceptors (Lipinski definition) is 5. The first-order valence-electron chi connectivity index (χ1n) is 8.89. The first-order valence-corrected chi connectivity index (χ1v) is 8.89. The average molecular weight is 362 g/mol. The second-order valence-electron chi connectivity index (χ2n) is 6.95. The zero-order valence-corrected chi connectivity index (χ0v) is 15.7. The van der Waals surface area contributed by atoms with Crippen LogP contribution < -0.4 is 14.4 Å². The summed E-state index contributed by atoms with van der Waals surface area (Å²) in [6.45, 7) is 5.46. The molecule has 2 aliphatic rings. The van der Waals surface area contributed by atoms with Crippen LogP contribution in [-0.2, 0) is 14.3 Å². The van der Waals surface area contributed by atoms with Crippen LogP contribution in [0.1, 0.15) is 20.3 Å². The Hall–Kier alpha value is -2.28. The summed E-state index contributed by atoms with van der Waals surface area (Å²) in [6.07, 6.45) is 0.260. The molecular formula is C19H26N2O5. The van der Waals surface area contributed by atoms with Crippen molar-refractivity contribution in [3.05, 3.63) is 18.2 Å². The van der Waals surface area contributed by atoms with Gasteiger partial charge in [0.15, 0.2) is 11.5 Å². The molecule has 2 aliphatic heterocycles. The molecule has 0 radical (unpaired) electrons. The van der Waals surface area contributed by atoms with Gasteiger partial charge in [-0.1, -0.05) is 0 Å². The summed E-state index contributed by atoms with van der Waals surface area (Å²) < 4.78 is 16.2. The highest BCUT2D eigenvalue weighted by Crippen LogP contribution is 2.34. The molecule has 0 aliphatic carbocycles. The SMILES string of the molecule is COc1ccc(N2C[C@H](C(=O)N3C[C@H](C)O[C@@H](C)C3)CC2=O)cc1OC. The minimum Gasteiger partial charge on any atom is -0.493 e. The first-order chi connectivity index (χ1) is 12.4. The number of morpholine rings is 1. The van der Waals surface area contributed by atoms with E-state index in [0.717, 1.165) is 0 Å². The number of carbonyl (C=O) groups is 2. The van der Waals surface area contributed by atoms with Crippen molar-refractivity contribution < 1.29 is 23.8 Å². The second kappa shape index (κ2) is 7.53. The molecule has 2 amide bonds. The standard InChI is InChI=1S/C19H26N2O5/c1-12-9-20(10-13(2)26-12)19(23)14-7-18(22)21(11-14)15-5-6-16(24-3)17(8-15)25-4/h5-6,8,12-14H,7,9-11H2,1-4H3/t12-,13-,14+/m0/s1. The van der Waals surface area contributed by atoms with Crippen LogP contribution in [0.25, 0.3) is 0 Å². The van der Waals surface area contributed by atoms with E-state index in [1.807, 2.05) is 24.8 Å². The highest BCUT2D eigenvalue weighted by molar-refractivity contribution is 6.00. The predicted octanol–water partition coefficient (Wildman–Crippen LogP) is 1.69. The highest BCUT2D eigenvalue weighted by atomic mass is 16.5. The Labute approximate surface area is 153 Å². The largest absolute Gasteiger partial charge is 0.493 e. The molecule has 0 saturated carbocycles. The first kappa shape index (κ1) is 18.5. The number of carbonyl (C=O) groups excluding carboxylic acids is 2. The van der Waals surface area contributed by atoms with Gasteiger partial charge in [-0.15, -0.1) is 0 Å². The number of amides is 2. The molecule has 3 rings (SSSR count). The molecule has 2 saturated heterocycles. The van der Waals surface area contributed by atoms with Gasteiger partial charge in [0, 0.05) is 37.8 Å². The van der Waals surface area contributed by atoms with Crippen molar-refractivity contribution in [2.75, 3.05) is 38.8 Å². The van der Waals surface area contributed by atoms with E-state index in [9.17, 15) is 9.59 Å². The molecule has 1 aromatic carbocycles. The van der Waals surface area contributed by atoms with E-state index in [1.54, 1.807) is 31.3 Å². The summed E-state index contributed by atoms with van der Waals surface area (Å²) in [6, 6.07) is 5.34. The molecule has 7 heteroatoms. The fourth-order valence-electron chi connectivity index (χ4n) is 3.73. The van der Waals surface area contributed by atoms with E-state index < -0.39 is 0 Å². The van der Waals surface area contributed by atoms with Crippen LogP contribution >= 0.6 is 0 Å². The maximum Gasteiger partial charge on any atom is 0.228 e. The Morgan fingerprint density at radius 1 is 1.08 bits per heavy atom. The summed E-state index contributed by atoms with van der Waals surface area (Å²) in [5.41, 5.74) is 0.715. The number of anilines is 1. The Morgan fingerprint density at radius 3 is 2.35 bits per heavy atom. The molecule has 3 atom stereocenters. The highest BCUT2D eigenvalue weighted by Gasteiger charge is 2.39. The van der Waals surface area contributed by atoms with Crippen LogP contribution in [0.2, 0.25) is 0 Å². The third-order valence-corrected chi connectivity index (χ3v) is 4.88. The van der Waals surface area contributed by atoms with Crippen molar-refractivity contribution in [3.63, 3.8) is 0 Å². The van der Waals surface area contributed by atoms with Crippen molar-refractivity contribution in [3.8, 4) is 11.5 Å². The van der Waals surface area contributed by atoms with Crippen LogP contribution in [0, 0.1) is 5.92 Å². The molecule has 26 heavy (non-hydrogen) atoms. The Bertz CT molecular complexity index is 683. The molecule has 0 N–H and O–H groups in total. The van der Waals surface area contributed by atoms with Gasteiger partial charge in [-0.05, 0) is 26.0 Å². The van der Waals surface area contributed by atoms with Crippen LogP contribution in [0.5, 0.6) is 11.5 Å². The molecular weight excluding hydrogens is 336 g/mol. The smallest absolute Gasteiger partial charge is 0.228 e. The third-order valence-electron chi connectivity index (χ3n) is 4.88.